The van der Waals surface area contributed by atoms with Crippen LogP contribution in [0, 0.1) is 0 Å². The van der Waals surface area contributed by atoms with Crippen molar-refractivity contribution < 1.29 is 4.74 Å². The Bertz CT molecular complexity index is 796. The van der Waals surface area contributed by atoms with Crippen LogP contribution in [0.2, 0.25) is 0 Å². The Kier molecular flexibility index (Phi) is 2.86. The van der Waals surface area contributed by atoms with Gasteiger partial charge in [-0.05, 0) is 23.6 Å². The molecular formula is C16H16N4O. The highest BCUT2D eigenvalue weighted by molar-refractivity contribution is 5.71. The molecule has 1 aromatic carbocycles. The van der Waals surface area contributed by atoms with Crippen LogP contribution in [0.1, 0.15) is 23.0 Å². The molecule has 4 rings (SSSR count). The number of nitrogens with one attached hydrogen (secondary N) is 2. The van der Waals surface area contributed by atoms with E-state index in [1.807, 2.05) is 12.1 Å². The van der Waals surface area contributed by atoms with Gasteiger partial charge in [0.25, 0.3) is 0 Å². The minimum atomic E-state index is 0.0927. The summed E-state index contributed by atoms with van der Waals surface area (Å²) in [5.41, 5.74) is 4.28. The van der Waals surface area contributed by atoms with Gasteiger partial charge >= 0.3 is 0 Å². The highest BCUT2D eigenvalue weighted by Gasteiger charge is 2.23. The second-order valence-corrected chi connectivity index (χ2v) is 5.18. The lowest BCUT2D eigenvalue weighted by molar-refractivity contribution is 0.399. The third-order valence-corrected chi connectivity index (χ3v) is 3.93. The highest BCUT2D eigenvalue weighted by Crippen LogP contribution is 2.28. The quantitative estimate of drug-likeness (QED) is 0.755. The SMILES string of the molecule is COc1ccc2[nH]c(C3NCCc4ccccc43)nc2n1. The molecule has 2 N–H and O–H groups in total. The molecule has 1 unspecified atom stereocenters. The molecular weight excluding hydrogens is 264 g/mol. The summed E-state index contributed by atoms with van der Waals surface area (Å²) in [6.07, 6.45) is 1.05. The molecule has 3 aromatic rings. The molecule has 5 heteroatoms. The number of nitrogens with zero attached hydrogens (tertiary/aromatic N) is 2. The molecule has 0 saturated carbocycles. The molecule has 0 aliphatic carbocycles. The largest absolute Gasteiger partial charge is 0.481 e. The van der Waals surface area contributed by atoms with Crippen LogP contribution in [0.3, 0.4) is 0 Å². The van der Waals surface area contributed by atoms with Gasteiger partial charge in [0.15, 0.2) is 5.65 Å². The predicted octanol–water partition coefficient (Wildman–Crippen LogP) is 2.20. The first-order valence-electron chi connectivity index (χ1n) is 7.07. The molecule has 1 aliphatic rings. The van der Waals surface area contributed by atoms with Gasteiger partial charge < -0.3 is 15.0 Å². The molecule has 0 amide bonds. The standard InChI is InChI=1S/C16H16N4O/c1-21-13-7-6-12-15(19-13)20-16(18-12)14-11-5-3-2-4-10(11)8-9-17-14/h2-7,14,17H,8-9H2,1H3,(H,18,19,20). The van der Waals surface area contributed by atoms with Gasteiger partial charge in [0, 0.05) is 12.6 Å². The maximum atomic E-state index is 5.15. The minimum Gasteiger partial charge on any atom is -0.481 e. The van der Waals surface area contributed by atoms with Crippen molar-refractivity contribution in [3.8, 4) is 5.88 Å². The molecule has 0 radical (unpaired) electrons. The van der Waals surface area contributed by atoms with Crippen LogP contribution in [0.15, 0.2) is 36.4 Å². The molecule has 3 heterocycles. The van der Waals surface area contributed by atoms with Crippen molar-refractivity contribution in [2.75, 3.05) is 13.7 Å². The molecule has 0 bridgehead atoms. The number of pyridine rings is 1. The van der Waals surface area contributed by atoms with E-state index in [0.29, 0.717) is 11.5 Å². The van der Waals surface area contributed by atoms with E-state index in [4.69, 9.17) is 4.74 Å². The molecule has 0 spiro atoms. The lowest BCUT2D eigenvalue weighted by atomic mass is 9.94. The summed E-state index contributed by atoms with van der Waals surface area (Å²) in [5, 5.41) is 3.53. The lowest BCUT2D eigenvalue weighted by Crippen LogP contribution is -2.31. The van der Waals surface area contributed by atoms with Crippen LogP contribution in [-0.2, 0) is 6.42 Å². The Morgan fingerprint density at radius 2 is 2.05 bits per heavy atom. The molecule has 1 aliphatic heterocycles. The van der Waals surface area contributed by atoms with Crippen LogP contribution < -0.4 is 10.1 Å². The number of rotatable bonds is 2. The van der Waals surface area contributed by atoms with Gasteiger partial charge in [0.05, 0.1) is 18.7 Å². The van der Waals surface area contributed by atoms with E-state index < -0.39 is 0 Å². The zero-order chi connectivity index (χ0) is 14.2. The smallest absolute Gasteiger partial charge is 0.215 e. The first kappa shape index (κ1) is 12.3. The average Bonchev–Trinajstić information content (AvgIpc) is 2.97. The Morgan fingerprint density at radius 3 is 2.95 bits per heavy atom. The maximum Gasteiger partial charge on any atom is 0.215 e. The number of aromatic amines is 1. The number of methoxy groups -OCH3 is 1. The van der Waals surface area contributed by atoms with Gasteiger partial charge in [-0.2, -0.15) is 4.98 Å². The van der Waals surface area contributed by atoms with Gasteiger partial charge in [-0.3, -0.25) is 0 Å². The molecule has 1 atom stereocenters. The maximum absolute atomic E-state index is 5.15. The van der Waals surface area contributed by atoms with E-state index in [1.54, 1.807) is 7.11 Å². The molecule has 2 aromatic heterocycles. The van der Waals surface area contributed by atoms with E-state index in [-0.39, 0.29) is 6.04 Å². The van der Waals surface area contributed by atoms with Crippen molar-refractivity contribution in [2.24, 2.45) is 0 Å². The number of aromatic nitrogens is 3. The van der Waals surface area contributed by atoms with E-state index in [0.717, 1.165) is 24.3 Å². The normalized spacial score (nSPS) is 17.7. The van der Waals surface area contributed by atoms with Gasteiger partial charge in [0.2, 0.25) is 5.88 Å². The zero-order valence-corrected chi connectivity index (χ0v) is 11.8. The van der Waals surface area contributed by atoms with Gasteiger partial charge in [-0.15, -0.1) is 0 Å². The van der Waals surface area contributed by atoms with Crippen LogP contribution in [0.4, 0.5) is 0 Å². The van der Waals surface area contributed by atoms with Crippen LogP contribution in [0.25, 0.3) is 11.2 Å². The molecule has 0 fully saturated rings. The summed E-state index contributed by atoms with van der Waals surface area (Å²) in [6.45, 7) is 0.954. The molecule has 106 valence electrons. The Labute approximate surface area is 122 Å². The Balaban J connectivity index is 1.80. The Hall–Kier alpha value is -2.40. The van der Waals surface area contributed by atoms with E-state index in [9.17, 15) is 0 Å². The van der Waals surface area contributed by atoms with Crippen LogP contribution >= 0.6 is 0 Å². The highest BCUT2D eigenvalue weighted by atomic mass is 16.5. The van der Waals surface area contributed by atoms with Crippen molar-refractivity contribution in [3.63, 3.8) is 0 Å². The van der Waals surface area contributed by atoms with Crippen molar-refractivity contribution >= 4 is 11.2 Å². The number of hydrogen-bond donors (Lipinski definition) is 2. The summed E-state index contributed by atoms with van der Waals surface area (Å²) in [7, 11) is 1.61. The van der Waals surface area contributed by atoms with Crippen molar-refractivity contribution in [2.45, 2.75) is 12.5 Å². The lowest BCUT2D eigenvalue weighted by Gasteiger charge is -2.25. The second-order valence-electron chi connectivity index (χ2n) is 5.18. The summed E-state index contributed by atoms with van der Waals surface area (Å²) in [4.78, 5) is 12.4. The summed E-state index contributed by atoms with van der Waals surface area (Å²) in [6, 6.07) is 12.4. The van der Waals surface area contributed by atoms with Crippen molar-refractivity contribution in [1.82, 2.24) is 20.3 Å². The fraction of sp³-hybridized carbons (Fsp3) is 0.250. The number of hydrogen-bond acceptors (Lipinski definition) is 4. The first-order valence-corrected chi connectivity index (χ1v) is 7.07. The number of imidazole rings is 1. The Morgan fingerprint density at radius 1 is 1.14 bits per heavy atom. The van der Waals surface area contributed by atoms with Gasteiger partial charge in [0.1, 0.15) is 5.82 Å². The van der Waals surface area contributed by atoms with Crippen LogP contribution in [-0.4, -0.2) is 28.6 Å². The monoisotopic (exact) mass is 280 g/mol. The van der Waals surface area contributed by atoms with Crippen molar-refractivity contribution in [1.29, 1.82) is 0 Å². The fourth-order valence-corrected chi connectivity index (χ4v) is 2.89. The molecule has 21 heavy (non-hydrogen) atoms. The topological polar surface area (TPSA) is 62.8 Å². The van der Waals surface area contributed by atoms with E-state index in [1.165, 1.54) is 11.1 Å². The van der Waals surface area contributed by atoms with Gasteiger partial charge in [-0.1, -0.05) is 24.3 Å². The molecule has 0 saturated heterocycles. The van der Waals surface area contributed by atoms with Crippen LogP contribution in [0.5, 0.6) is 5.88 Å². The zero-order valence-electron chi connectivity index (χ0n) is 11.8. The fourth-order valence-electron chi connectivity index (χ4n) is 2.89. The first-order chi connectivity index (χ1) is 10.3. The summed E-state index contributed by atoms with van der Waals surface area (Å²) < 4.78 is 5.15. The number of H-pyrrole nitrogens is 1. The third-order valence-electron chi connectivity index (χ3n) is 3.93. The van der Waals surface area contributed by atoms with Gasteiger partial charge in [-0.25, -0.2) is 4.98 Å². The average molecular weight is 280 g/mol. The second kappa shape index (κ2) is 4.86. The minimum absolute atomic E-state index is 0.0927. The van der Waals surface area contributed by atoms with E-state index in [2.05, 4.69) is 44.5 Å². The number of ether oxygens (including phenoxy) is 1. The predicted molar refractivity (Wildman–Crippen MR) is 80.4 cm³/mol. The molecule has 5 nitrogen and oxygen atoms in total. The van der Waals surface area contributed by atoms with Crippen molar-refractivity contribution in [3.05, 3.63) is 53.3 Å². The number of fused-ring (bicyclic) bond motifs is 2. The number of benzene rings is 1. The third kappa shape index (κ3) is 2.06. The summed E-state index contributed by atoms with van der Waals surface area (Å²) in [5.74, 6) is 1.48. The van der Waals surface area contributed by atoms with E-state index >= 15 is 0 Å². The summed E-state index contributed by atoms with van der Waals surface area (Å²) >= 11 is 0.